The molecule has 0 aliphatic carbocycles. The molecule has 1 saturated heterocycles. The second kappa shape index (κ2) is 8.81. The van der Waals surface area contributed by atoms with Gasteiger partial charge in [-0.1, -0.05) is 6.42 Å². The van der Waals surface area contributed by atoms with Crippen molar-refractivity contribution in [3.05, 3.63) is 39.9 Å². The number of nitrogens with zero attached hydrogens (tertiary/aromatic N) is 3. The first-order valence-electron chi connectivity index (χ1n) is 11.4. The molecule has 0 radical (unpaired) electrons. The molecule has 7 heteroatoms. The van der Waals surface area contributed by atoms with Crippen LogP contribution in [0.2, 0.25) is 0 Å². The predicted octanol–water partition coefficient (Wildman–Crippen LogP) is 3.46. The number of fused-ring (bicyclic) bond motifs is 2. The van der Waals surface area contributed by atoms with Crippen molar-refractivity contribution in [1.82, 2.24) is 14.5 Å². The maximum atomic E-state index is 12.9. The zero-order chi connectivity index (χ0) is 22.1. The van der Waals surface area contributed by atoms with Crippen LogP contribution in [0.3, 0.4) is 0 Å². The summed E-state index contributed by atoms with van der Waals surface area (Å²) in [7, 11) is 0. The summed E-state index contributed by atoms with van der Waals surface area (Å²) in [4.78, 5) is 45.1. The van der Waals surface area contributed by atoms with Crippen LogP contribution in [0.4, 0.5) is 0 Å². The van der Waals surface area contributed by atoms with E-state index in [1.807, 2.05) is 18.7 Å². The highest BCUT2D eigenvalue weighted by Gasteiger charge is 2.33. The molecule has 1 fully saturated rings. The Morgan fingerprint density at radius 3 is 2.58 bits per heavy atom. The predicted molar refractivity (Wildman–Crippen MR) is 118 cm³/mol. The van der Waals surface area contributed by atoms with Gasteiger partial charge in [-0.05, 0) is 71.1 Å². The third-order valence-electron chi connectivity index (χ3n) is 6.63. The van der Waals surface area contributed by atoms with E-state index in [-0.39, 0.29) is 23.6 Å². The van der Waals surface area contributed by atoms with Crippen molar-refractivity contribution >= 4 is 22.8 Å². The summed E-state index contributed by atoms with van der Waals surface area (Å²) in [5.41, 5.74) is 0.751. The molecule has 166 valence electrons. The zero-order valence-corrected chi connectivity index (χ0v) is 18.6. The van der Waals surface area contributed by atoms with Crippen LogP contribution in [0.25, 0.3) is 10.9 Å². The molecule has 1 amide bonds. The van der Waals surface area contributed by atoms with Gasteiger partial charge in [0.15, 0.2) is 6.10 Å². The van der Waals surface area contributed by atoms with Crippen molar-refractivity contribution in [3.8, 4) is 0 Å². The Kier molecular flexibility index (Phi) is 6.12. The molecule has 7 nitrogen and oxygen atoms in total. The summed E-state index contributed by atoms with van der Waals surface area (Å²) in [5.74, 6) is 0.0459. The van der Waals surface area contributed by atoms with E-state index in [0.717, 1.165) is 50.8 Å². The molecular weight excluding hydrogens is 394 g/mol. The lowest BCUT2D eigenvalue weighted by Crippen LogP contribution is -2.51. The van der Waals surface area contributed by atoms with Crippen LogP contribution in [0.15, 0.2) is 23.0 Å². The Bertz CT molecular complexity index is 1050. The van der Waals surface area contributed by atoms with Crippen molar-refractivity contribution in [2.45, 2.75) is 90.4 Å². The molecule has 1 aromatic heterocycles. The van der Waals surface area contributed by atoms with Crippen molar-refractivity contribution in [3.63, 3.8) is 0 Å². The Morgan fingerprint density at radius 2 is 1.84 bits per heavy atom. The Balaban J connectivity index is 1.55. The monoisotopic (exact) mass is 425 g/mol. The summed E-state index contributed by atoms with van der Waals surface area (Å²) in [6, 6.07) is 5.12. The van der Waals surface area contributed by atoms with Gasteiger partial charge in [-0.25, -0.2) is 9.78 Å². The van der Waals surface area contributed by atoms with Gasteiger partial charge in [0.05, 0.1) is 16.5 Å². The second-order valence-electron chi connectivity index (χ2n) is 8.95. The molecule has 0 bridgehead atoms. The number of benzene rings is 1. The van der Waals surface area contributed by atoms with Crippen LogP contribution in [0.5, 0.6) is 0 Å². The van der Waals surface area contributed by atoms with Crippen molar-refractivity contribution in [2.75, 3.05) is 0 Å². The molecule has 31 heavy (non-hydrogen) atoms. The van der Waals surface area contributed by atoms with Crippen molar-refractivity contribution in [1.29, 1.82) is 0 Å². The van der Waals surface area contributed by atoms with E-state index in [1.165, 1.54) is 0 Å². The lowest BCUT2D eigenvalue weighted by Gasteiger charge is -2.40. The highest BCUT2D eigenvalue weighted by Crippen LogP contribution is 2.24. The van der Waals surface area contributed by atoms with Gasteiger partial charge in [0, 0.05) is 25.0 Å². The average molecular weight is 426 g/mol. The smallest absolute Gasteiger partial charge is 0.338 e. The standard InChI is InChI=1S/C24H31N3O4/c1-15-8-7-9-16(2)27(15)22(28)17(3)31-24(30)18-11-12-19-20(14-18)25-21-10-5-4-6-13-26(21)23(19)29/h11-12,14-17H,4-10,13H2,1-3H3/t15-,16-,17-/m1/s1. The van der Waals surface area contributed by atoms with Gasteiger partial charge in [-0.2, -0.15) is 0 Å². The van der Waals surface area contributed by atoms with E-state index >= 15 is 0 Å². The molecule has 2 aliphatic rings. The van der Waals surface area contributed by atoms with Gasteiger partial charge in [0.2, 0.25) is 0 Å². The topological polar surface area (TPSA) is 81.5 Å². The van der Waals surface area contributed by atoms with Gasteiger partial charge in [-0.3, -0.25) is 14.2 Å². The van der Waals surface area contributed by atoms with Crippen LogP contribution < -0.4 is 5.56 Å². The Hall–Kier alpha value is -2.70. The Morgan fingerprint density at radius 1 is 1.10 bits per heavy atom. The Labute approximate surface area is 182 Å². The maximum absolute atomic E-state index is 12.9. The van der Waals surface area contributed by atoms with Gasteiger partial charge >= 0.3 is 5.97 Å². The fourth-order valence-electron chi connectivity index (χ4n) is 4.89. The molecule has 0 N–H and O–H groups in total. The number of carbonyl (C=O) groups excluding carboxylic acids is 2. The first-order chi connectivity index (χ1) is 14.9. The van der Waals surface area contributed by atoms with Crippen molar-refractivity contribution in [2.24, 2.45) is 0 Å². The third kappa shape index (κ3) is 4.23. The summed E-state index contributed by atoms with van der Waals surface area (Å²) >= 11 is 0. The zero-order valence-electron chi connectivity index (χ0n) is 18.6. The SMILES string of the molecule is C[C@@H]1CCC[C@@H](C)N1C(=O)[C@@H](C)OC(=O)c1ccc2c(=O)n3c(nc2c1)CCCCC3. The van der Waals surface area contributed by atoms with Gasteiger partial charge in [0.1, 0.15) is 5.82 Å². The van der Waals surface area contributed by atoms with E-state index in [0.29, 0.717) is 23.0 Å². The summed E-state index contributed by atoms with van der Waals surface area (Å²) < 4.78 is 7.28. The minimum absolute atomic E-state index is 0.0570. The number of amides is 1. The highest BCUT2D eigenvalue weighted by atomic mass is 16.5. The third-order valence-corrected chi connectivity index (χ3v) is 6.63. The number of carbonyl (C=O) groups is 2. The van der Waals surface area contributed by atoms with Crippen LogP contribution in [-0.2, 0) is 22.5 Å². The van der Waals surface area contributed by atoms with Crippen LogP contribution >= 0.6 is 0 Å². The number of rotatable bonds is 3. The molecule has 2 aromatic rings. The van der Waals surface area contributed by atoms with Gasteiger partial charge in [-0.15, -0.1) is 0 Å². The van der Waals surface area contributed by atoms with E-state index in [4.69, 9.17) is 4.74 Å². The number of hydrogen-bond donors (Lipinski definition) is 0. The fourth-order valence-corrected chi connectivity index (χ4v) is 4.89. The first-order valence-corrected chi connectivity index (χ1v) is 11.4. The number of aryl methyl sites for hydroxylation is 1. The van der Waals surface area contributed by atoms with Crippen LogP contribution in [0, 0.1) is 0 Å². The van der Waals surface area contributed by atoms with Crippen molar-refractivity contribution < 1.29 is 14.3 Å². The summed E-state index contributed by atoms with van der Waals surface area (Å²) in [6.45, 7) is 6.39. The number of esters is 1. The molecule has 1 aromatic carbocycles. The number of likely N-dealkylation sites (tertiary alicyclic amines) is 1. The lowest BCUT2D eigenvalue weighted by atomic mass is 9.97. The number of ether oxygens (including phenoxy) is 1. The molecule has 2 aliphatic heterocycles. The summed E-state index contributed by atoms with van der Waals surface area (Å²) in [6.07, 6.45) is 6.00. The van der Waals surface area contributed by atoms with Gasteiger partial charge < -0.3 is 9.64 Å². The maximum Gasteiger partial charge on any atom is 0.338 e. The second-order valence-corrected chi connectivity index (χ2v) is 8.95. The van der Waals surface area contributed by atoms with E-state index in [9.17, 15) is 14.4 Å². The number of piperidine rings is 1. The van der Waals surface area contributed by atoms with Gasteiger partial charge in [0.25, 0.3) is 11.5 Å². The minimum Gasteiger partial charge on any atom is -0.449 e. The minimum atomic E-state index is -0.864. The van der Waals surface area contributed by atoms with Crippen LogP contribution in [-0.4, -0.2) is 44.5 Å². The number of hydrogen-bond acceptors (Lipinski definition) is 5. The quantitative estimate of drug-likeness (QED) is 0.704. The fraction of sp³-hybridized carbons (Fsp3) is 0.583. The van der Waals surface area contributed by atoms with E-state index < -0.39 is 12.1 Å². The average Bonchev–Trinajstić information content (AvgIpc) is 2.99. The van der Waals surface area contributed by atoms with E-state index in [2.05, 4.69) is 4.98 Å². The normalized spacial score (nSPS) is 22.5. The molecular formula is C24H31N3O4. The summed E-state index contributed by atoms with van der Waals surface area (Å²) in [5, 5.41) is 0.502. The molecule has 3 atom stereocenters. The van der Waals surface area contributed by atoms with E-state index in [1.54, 1.807) is 29.7 Å². The molecule has 0 unspecified atom stereocenters. The molecule has 0 spiro atoms. The molecule has 4 rings (SSSR count). The van der Waals surface area contributed by atoms with Crippen LogP contribution in [0.1, 0.15) is 75.5 Å². The lowest BCUT2D eigenvalue weighted by molar-refractivity contribution is -0.146. The molecule has 3 heterocycles. The highest BCUT2D eigenvalue weighted by molar-refractivity contribution is 5.95. The molecule has 0 saturated carbocycles. The first kappa shape index (κ1) is 21.5. The number of aromatic nitrogens is 2. The largest absolute Gasteiger partial charge is 0.449 e.